The molecular weight excluding hydrogens is 492 g/mol. The topological polar surface area (TPSA) is 30.5 Å². The molecule has 1 N–H and O–H groups in total. The first kappa shape index (κ1) is 22.9. The van der Waals surface area contributed by atoms with Crippen molar-refractivity contribution in [1.29, 1.82) is 0 Å². The van der Waals surface area contributed by atoms with E-state index in [0.717, 1.165) is 15.6 Å². The van der Waals surface area contributed by atoms with Gasteiger partial charge >= 0.3 is 0 Å². The van der Waals surface area contributed by atoms with Gasteiger partial charge in [0.1, 0.15) is 12.4 Å². The molecule has 0 fully saturated rings. The van der Waals surface area contributed by atoms with E-state index in [1.54, 1.807) is 37.4 Å². The van der Waals surface area contributed by atoms with Crippen molar-refractivity contribution < 1.29 is 13.9 Å². The second-order valence-corrected chi connectivity index (χ2v) is 8.27. The molecule has 0 aromatic heterocycles. The van der Waals surface area contributed by atoms with Crippen molar-refractivity contribution in [1.82, 2.24) is 5.32 Å². The minimum Gasteiger partial charge on any atom is -0.493 e. The molecular formula is C23H21BrCl2FNO2. The Labute approximate surface area is 194 Å². The van der Waals surface area contributed by atoms with E-state index in [2.05, 4.69) is 21.2 Å². The summed E-state index contributed by atoms with van der Waals surface area (Å²) >= 11 is 16.0. The monoisotopic (exact) mass is 511 g/mol. The summed E-state index contributed by atoms with van der Waals surface area (Å²) in [5.74, 6) is 1.00. The van der Waals surface area contributed by atoms with Gasteiger partial charge in [-0.05, 0) is 54.4 Å². The van der Waals surface area contributed by atoms with Gasteiger partial charge in [0.25, 0.3) is 0 Å². The van der Waals surface area contributed by atoms with Gasteiger partial charge in [-0.1, -0.05) is 63.4 Å². The van der Waals surface area contributed by atoms with Crippen LogP contribution in [0.4, 0.5) is 4.39 Å². The number of hydrogen-bond donors (Lipinski definition) is 1. The highest BCUT2D eigenvalue weighted by Gasteiger charge is 2.13. The summed E-state index contributed by atoms with van der Waals surface area (Å²) in [5.41, 5.74) is 2.42. The largest absolute Gasteiger partial charge is 0.493 e. The summed E-state index contributed by atoms with van der Waals surface area (Å²) in [5, 5.41) is 4.44. The number of nitrogens with one attached hydrogen (secondary N) is 1. The van der Waals surface area contributed by atoms with Crippen LogP contribution in [0.5, 0.6) is 11.5 Å². The number of rotatable bonds is 9. The lowest BCUT2D eigenvalue weighted by Gasteiger charge is -2.15. The Hall–Kier alpha value is -1.79. The molecule has 158 valence electrons. The first-order valence-corrected chi connectivity index (χ1v) is 10.9. The van der Waals surface area contributed by atoms with Crippen molar-refractivity contribution in [3.05, 3.63) is 91.6 Å². The number of benzene rings is 3. The molecule has 3 aromatic rings. The molecule has 0 unspecified atom stereocenters. The van der Waals surface area contributed by atoms with Crippen LogP contribution in [0.15, 0.2) is 59.1 Å². The normalized spacial score (nSPS) is 10.8. The van der Waals surface area contributed by atoms with Gasteiger partial charge < -0.3 is 14.8 Å². The molecule has 0 saturated heterocycles. The number of halogens is 4. The highest BCUT2D eigenvalue weighted by molar-refractivity contribution is 9.10. The molecule has 3 aromatic carbocycles. The van der Waals surface area contributed by atoms with Gasteiger partial charge in [-0.25, -0.2) is 4.39 Å². The fourth-order valence-corrected chi connectivity index (χ4v) is 3.92. The van der Waals surface area contributed by atoms with E-state index in [-0.39, 0.29) is 12.4 Å². The molecule has 0 aliphatic carbocycles. The van der Waals surface area contributed by atoms with Gasteiger partial charge in [-0.3, -0.25) is 0 Å². The fraction of sp³-hybridized carbons (Fsp3) is 0.217. The molecule has 0 bridgehead atoms. The molecule has 0 aliphatic rings. The van der Waals surface area contributed by atoms with Crippen LogP contribution in [0, 0.1) is 5.82 Å². The predicted molar refractivity (Wildman–Crippen MR) is 123 cm³/mol. The van der Waals surface area contributed by atoms with Crippen molar-refractivity contribution in [2.75, 3.05) is 13.7 Å². The third-order valence-electron chi connectivity index (χ3n) is 4.61. The maximum atomic E-state index is 13.7. The Morgan fingerprint density at radius 2 is 1.70 bits per heavy atom. The van der Waals surface area contributed by atoms with E-state index in [1.165, 1.54) is 6.07 Å². The van der Waals surface area contributed by atoms with Crippen molar-refractivity contribution in [2.45, 2.75) is 19.6 Å². The van der Waals surface area contributed by atoms with E-state index in [4.69, 9.17) is 32.7 Å². The minimum atomic E-state index is -0.178. The quantitative estimate of drug-likeness (QED) is 0.319. The zero-order chi connectivity index (χ0) is 21.5. The second-order valence-electron chi connectivity index (χ2n) is 6.60. The van der Waals surface area contributed by atoms with Gasteiger partial charge in [-0.2, -0.15) is 0 Å². The van der Waals surface area contributed by atoms with Crippen LogP contribution < -0.4 is 14.8 Å². The van der Waals surface area contributed by atoms with Crippen LogP contribution in [0.1, 0.15) is 16.7 Å². The molecule has 0 amide bonds. The number of ether oxygens (including phenoxy) is 2. The molecule has 0 aliphatic heterocycles. The van der Waals surface area contributed by atoms with Gasteiger partial charge in [-0.15, -0.1) is 0 Å². The van der Waals surface area contributed by atoms with E-state index in [0.29, 0.717) is 46.6 Å². The summed E-state index contributed by atoms with van der Waals surface area (Å²) in [4.78, 5) is 0. The fourth-order valence-electron chi connectivity index (χ4n) is 2.95. The van der Waals surface area contributed by atoms with Gasteiger partial charge in [0, 0.05) is 26.6 Å². The highest BCUT2D eigenvalue weighted by atomic mass is 79.9. The van der Waals surface area contributed by atoms with Crippen LogP contribution >= 0.6 is 39.1 Å². The summed E-state index contributed by atoms with van der Waals surface area (Å²) in [7, 11) is 1.59. The summed E-state index contributed by atoms with van der Waals surface area (Å²) in [6, 6.07) is 15.9. The van der Waals surface area contributed by atoms with Crippen LogP contribution in [-0.2, 0) is 19.6 Å². The lowest BCUT2D eigenvalue weighted by Crippen LogP contribution is -2.17. The number of hydrogen-bond acceptors (Lipinski definition) is 3. The van der Waals surface area contributed by atoms with Crippen molar-refractivity contribution >= 4 is 39.1 Å². The average molecular weight is 513 g/mol. The minimum absolute atomic E-state index is 0.178. The third kappa shape index (κ3) is 5.88. The number of methoxy groups -OCH3 is 1. The average Bonchev–Trinajstić information content (AvgIpc) is 2.73. The third-order valence-corrected chi connectivity index (χ3v) is 6.06. The van der Waals surface area contributed by atoms with Crippen LogP contribution in [0.25, 0.3) is 0 Å². The van der Waals surface area contributed by atoms with E-state index in [1.807, 2.05) is 18.2 Å². The van der Waals surface area contributed by atoms with Crippen molar-refractivity contribution in [3.8, 4) is 11.5 Å². The van der Waals surface area contributed by atoms with Gasteiger partial charge in [0.05, 0.1) is 7.11 Å². The van der Waals surface area contributed by atoms with Crippen molar-refractivity contribution in [3.63, 3.8) is 0 Å². The summed E-state index contributed by atoms with van der Waals surface area (Å²) in [6.45, 7) is 1.47. The molecule has 3 rings (SSSR count). The Balaban J connectivity index is 1.63. The highest BCUT2D eigenvalue weighted by Crippen LogP contribution is 2.35. The molecule has 30 heavy (non-hydrogen) atoms. The Morgan fingerprint density at radius 1 is 0.967 bits per heavy atom. The summed E-state index contributed by atoms with van der Waals surface area (Å²) in [6.07, 6.45) is 0.612. The molecule has 0 heterocycles. The van der Waals surface area contributed by atoms with E-state index in [9.17, 15) is 4.39 Å². The molecule has 0 spiro atoms. The lowest BCUT2D eigenvalue weighted by atomic mass is 10.1. The van der Waals surface area contributed by atoms with Crippen LogP contribution in [0.2, 0.25) is 10.0 Å². The van der Waals surface area contributed by atoms with E-state index < -0.39 is 0 Å². The smallest absolute Gasteiger partial charge is 0.162 e. The van der Waals surface area contributed by atoms with Gasteiger partial charge in [0.15, 0.2) is 11.5 Å². The van der Waals surface area contributed by atoms with Crippen molar-refractivity contribution in [2.24, 2.45) is 0 Å². The maximum absolute atomic E-state index is 13.7. The zero-order valence-corrected chi connectivity index (χ0v) is 19.5. The molecule has 0 saturated carbocycles. The Bertz CT molecular complexity index is 996. The Morgan fingerprint density at radius 3 is 2.40 bits per heavy atom. The zero-order valence-electron chi connectivity index (χ0n) is 16.4. The molecule has 0 radical (unpaired) electrons. The van der Waals surface area contributed by atoms with Crippen LogP contribution in [0.3, 0.4) is 0 Å². The van der Waals surface area contributed by atoms with E-state index >= 15 is 0 Å². The maximum Gasteiger partial charge on any atom is 0.162 e. The summed E-state index contributed by atoms with van der Waals surface area (Å²) < 4.78 is 26.0. The lowest BCUT2D eigenvalue weighted by molar-refractivity contribution is 0.284. The first-order valence-electron chi connectivity index (χ1n) is 9.35. The standard InChI is InChI=1S/C23H21BrCl2FNO2/c1-29-22-11-16(13-28-10-9-15-5-2-3-8-21(15)27)18(24)12-23(22)30-14-17-19(25)6-4-7-20(17)26/h2-8,11-12,28H,9-10,13-14H2,1H3. The second kappa shape index (κ2) is 11.0. The van der Waals surface area contributed by atoms with Gasteiger partial charge in [0.2, 0.25) is 0 Å². The SMILES string of the molecule is COc1cc(CNCCc2ccccc2F)c(Br)cc1OCc1c(Cl)cccc1Cl. The molecule has 0 atom stereocenters. The predicted octanol–water partition coefficient (Wildman–Crippen LogP) is 6.81. The first-order chi connectivity index (χ1) is 14.5. The molecule has 3 nitrogen and oxygen atoms in total. The van der Waals surface area contributed by atoms with Crippen LogP contribution in [-0.4, -0.2) is 13.7 Å². The Kier molecular flexibility index (Phi) is 8.40. The molecule has 7 heteroatoms.